The number of rotatable bonds is 7. The first kappa shape index (κ1) is 21.6. The van der Waals surface area contributed by atoms with Crippen LogP contribution in [0.4, 0.5) is 4.79 Å². The fraction of sp³-hybridized carbons (Fsp3) is 0.182. The fourth-order valence-corrected chi connectivity index (χ4v) is 4.31. The molecule has 34 heavy (non-hydrogen) atoms. The molecular weight excluding hydrogens is 460 g/mol. The van der Waals surface area contributed by atoms with Gasteiger partial charge in [-0.15, -0.1) is 5.10 Å². The van der Waals surface area contributed by atoms with Crippen molar-refractivity contribution in [3.05, 3.63) is 64.8 Å². The lowest BCUT2D eigenvalue weighted by atomic mass is 10.1. The number of aromatic nitrogens is 4. The van der Waals surface area contributed by atoms with Crippen molar-refractivity contribution in [2.24, 2.45) is 0 Å². The van der Waals surface area contributed by atoms with E-state index in [1.54, 1.807) is 24.3 Å². The molecule has 0 aliphatic carbocycles. The Kier molecular flexibility index (Phi) is 5.95. The number of carbonyl (C=O) groups excluding carboxylic acids is 3. The number of nitrogens with one attached hydrogen (secondary N) is 1. The Hall–Kier alpha value is -4.19. The molecule has 0 unspecified atom stereocenters. The van der Waals surface area contributed by atoms with Gasteiger partial charge in [-0.3, -0.25) is 19.3 Å². The van der Waals surface area contributed by atoms with Gasteiger partial charge in [0, 0.05) is 13.1 Å². The summed E-state index contributed by atoms with van der Waals surface area (Å²) in [4.78, 5) is 38.7. The Morgan fingerprint density at radius 3 is 2.74 bits per heavy atom. The zero-order valence-electron chi connectivity index (χ0n) is 17.7. The van der Waals surface area contributed by atoms with Crippen LogP contribution < -0.4 is 14.8 Å². The van der Waals surface area contributed by atoms with E-state index in [0.717, 1.165) is 33.5 Å². The quantitative estimate of drug-likeness (QED) is 0.505. The molecule has 2 aliphatic rings. The van der Waals surface area contributed by atoms with E-state index in [-0.39, 0.29) is 43.4 Å². The van der Waals surface area contributed by atoms with Crippen molar-refractivity contribution in [3.63, 3.8) is 0 Å². The highest BCUT2D eigenvalue weighted by Gasteiger charge is 2.34. The zero-order chi connectivity index (χ0) is 23.5. The van der Waals surface area contributed by atoms with E-state index in [9.17, 15) is 14.4 Å². The van der Waals surface area contributed by atoms with Gasteiger partial charge in [-0.1, -0.05) is 18.2 Å². The average molecular weight is 478 g/mol. The van der Waals surface area contributed by atoms with Crippen molar-refractivity contribution in [2.75, 3.05) is 19.9 Å². The summed E-state index contributed by atoms with van der Waals surface area (Å²) in [6.45, 7) is 0.414. The number of amides is 3. The topological polar surface area (TPSA) is 129 Å². The van der Waals surface area contributed by atoms with Gasteiger partial charge in [-0.05, 0) is 63.7 Å². The van der Waals surface area contributed by atoms with Gasteiger partial charge < -0.3 is 14.8 Å². The van der Waals surface area contributed by atoms with Crippen molar-refractivity contribution < 1.29 is 23.9 Å². The van der Waals surface area contributed by atoms with Crippen molar-refractivity contribution in [1.82, 2.24) is 30.4 Å². The van der Waals surface area contributed by atoms with Crippen LogP contribution in [-0.4, -0.2) is 62.0 Å². The van der Waals surface area contributed by atoms with Crippen molar-refractivity contribution in [1.29, 1.82) is 0 Å². The van der Waals surface area contributed by atoms with E-state index >= 15 is 0 Å². The minimum absolute atomic E-state index is 0.0904. The highest BCUT2D eigenvalue weighted by molar-refractivity contribution is 8.18. The Bertz CT molecular complexity index is 1280. The van der Waals surface area contributed by atoms with Gasteiger partial charge in [0.2, 0.25) is 12.7 Å². The van der Waals surface area contributed by atoms with Crippen LogP contribution in [0.15, 0.2) is 53.7 Å². The number of nitrogens with zero attached hydrogens (tertiary/aromatic N) is 5. The first-order valence-electron chi connectivity index (χ1n) is 10.3. The van der Waals surface area contributed by atoms with Crippen LogP contribution in [0.5, 0.6) is 11.5 Å². The summed E-state index contributed by atoms with van der Waals surface area (Å²) in [7, 11) is 0. The normalized spacial score (nSPS) is 15.9. The molecule has 2 aliphatic heterocycles. The molecule has 1 aromatic heterocycles. The number of benzene rings is 2. The number of hydrogen-bond acceptors (Lipinski definition) is 9. The third kappa shape index (κ3) is 4.62. The maximum atomic E-state index is 12.7. The molecule has 1 N–H and O–H groups in total. The third-order valence-corrected chi connectivity index (χ3v) is 6.05. The van der Waals surface area contributed by atoms with Crippen LogP contribution in [0.25, 0.3) is 11.8 Å². The van der Waals surface area contributed by atoms with Crippen LogP contribution in [0.2, 0.25) is 0 Å². The van der Waals surface area contributed by atoms with Gasteiger partial charge in [0.1, 0.15) is 6.33 Å². The van der Waals surface area contributed by atoms with Crippen molar-refractivity contribution in [2.45, 2.75) is 6.42 Å². The van der Waals surface area contributed by atoms with Gasteiger partial charge >= 0.3 is 0 Å². The molecule has 2 aromatic carbocycles. The SMILES string of the molecule is O=C(Cc1ccc(-n2cnnn2)cc1)NCCN1C(=O)S/C(=C/c2ccc3c(c2)OCO3)C1=O. The molecular formula is C22H18N6O5S. The monoisotopic (exact) mass is 478 g/mol. The maximum absolute atomic E-state index is 12.7. The van der Waals surface area contributed by atoms with E-state index < -0.39 is 0 Å². The highest BCUT2D eigenvalue weighted by atomic mass is 32.2. The van der Waals surface area contributed by atoms with E-state index in [4.69, 9.17) is 9.47 Å². The molecule has 3 aromatic rings. The summed E-state index contributed by atoms with van der Waals surface area (Å²) in [5, 5.41) is 13.4. The molecule has 12 heteroatoms. The van der Waals surface area contributed by atoms with Crippen LogP contribution in [0.1, 0.15) is 11.1 Å². The van der Waals surface area contributed by atoms with E-state index in [0.29, 0.717) is 16.4 Å². The lowest BCUT2D eigenvalue weighted by molar-refractivity contribution is -0.124. The second-order valence-corrected chi connectivity index (χ2v) is 8.39. The Morgan fingerprint density at radius 1 is 1.12 bits per heavy atom. The van der Waals surface area contributed by atoms with Gasteiger partial charge in [0.15, 0.2) is 11.5 Å². The summed E-state index contributed by atoms with van der Waals surface area (Å²) >= 11 is 0.869. The molecule has 0 bridgehead atoms. The molecule has 5 rings (SSSR count). The molecule has 1 saturated heterocycles. The van der Waals surface area contributed by atoms with Gasteiger partial charge in [-0.25, -0.2) is 4.68 Å². The van der Waals surface area contributed by atoms with Crippen LogP contribution in [-0.2, 0) is 16.0 Å². The number of tetrazole rings is 1. The summed E-state index contributed by atoms with van der Waals surface area (Å²) in [6.07, 6.45) is 3.29. The lowest BCUT2D eigenvalue weighted by Gasteiger charge is -2.13. The van der Waals surface area contributed by atoms with Crippen LogP contribution in [0, 0.1) is 0 Å². The fourth-order valence-electron chi connectivity index (χ4n) is 3.45. The molecule has 11 nitrogen and oxygen atoms in total. The predicted molar refractivity (Wildman–Crippen MR) is 121 cm³/mol. The Balaban J connectivity index is 1.13. The second kappa shape index (κ2) is 9.35. The third-order valence-electron chi connectivity index (χ3n) is 5.14. The van der Waals surface area contributed by atoms with Crippen molar-refractivity contribution >= 4 is 34.9 Å². The number of thioether (sulfide) groups is 1. The maximum Gasteiger partial charge on any atom is 0.293 e. The second-order valence-electron chi connectivity index (χ2n) is 7.39. The molecule has 3 heterocycles. The standard InChI is InChI=1S/C22H18N6O5S/c29-20(11-14-1-4-16(5-2-14)28-12-24-25-26-28)23-7-8-27-21(30)19(34-22(27)31)10-15-3-6-17-18(9-15)33-13-32-17/h1-6,9-10,12H,7-8,11,13H2,(H,23,29)/b19-10+. The molecule has 3 amide bonds. The first-order chi connectivity index (χ1) is 16.6. The van der Waals surface area contributed by atoms with Crippen LogP contribution in [0.3, 0.4) is 0 Å². The largest absolute Gasteiger partial charge is 0.454 e. The highest BCUT2D eigenvalue weighted by Crippen LogP contribution is 2.36. The Labute approximate surface area is 197 Å². The number of carbonyl (C=O) groups is 3. The van der Waals surface area contributed by atoms with E-state index in [1.165, 1.54) is 11.0 Å². The Morgan fingerprint density at radius 2 is 1.94 bits per heavy atom. The van der Waals surface area contributed by atoms with E-state index in [1.807, 2.05) is 24.3 Å². The number of ether oxygens (including phenoxy) is 2. The zero-order valence-corrected chi connectivity index (χ0v) is 18.5. The van der Waals surface area contributed by atoms with Gasteiger partial charge in [0.05, 0.1) is 17.0 Å². The molecule has 1 fully saturated rings. The van der Waals surface area contributed by atoms with Gasteiger partial charge in [-0.2, -0.15) is 0 Å². The van der Waals surface area contributed by atoms with Gasteiger partial charge in [0.25, 0.3) is 11.1 Å². The smallest absolute Gasteiger partial charge is 0.293 e. The number of fused-ring (bicyclic) bond motifs is 1. The molecule has 0 saturated carbocycles. The predicted octanol–water partition coefficient (Wildman–Crippen LogP) is 1.79. The summed E-state index contributed by atoms with van der Waals surface area (Å²) in [5.41, 5.74) is 2.32. The minimum Gasteiger partial charge on any atom is -0.454 e. The molecule has 0 radical (unpaired) electrons. The number of hydrogen-bond donors (Lipinski definition) is 1. The molecule has 172 valence electrons. The average Bonchev–Trinajstić information content (AvgIpc) is 3.57. The minimum atomic E-state index is -0.389. The lowest BCUT2D eigenvalue weighted by Crippen LogP contribution is -2.37. The number of imide groups is 1. The van der Waals surface area contributed by atoms with Crippen LogP contribution >= 0.6 is 11.8 Å². The molecule has 0 atom stereocenters. The summed E-state index contributed by atoms with van der Waals surface area (Å²) in [6, 6.07) is 12.6. The molecule has 0 spiro atoms. The summed E-state index contributed by atoms with van der Waals surface area (Å²) < 4.78 is 12.1. The first-order valence-corrected chi connectivity index (χ1v) is 11.1. The summed E-state index contributed by atoms with van der Waals surface area (Å²) in [5.74, 6) is 0.642. The van der Waals surface area contributed by atoms with Crippen molar-refractivity contribution in [3.8, 4) is 17.2 Å². The van der Waals surface area contributed by atoms with E-state index in [2.05, 4.69) is 20.8 Å².